The van der Waals surface area contributed by atoms with Gasteiger partial charge in [0.15, 0.2) is 0 Å². The van der Waals surface area contributed by atoms with Gasteiger partial charge >= 0.3 is 0 Å². The van der Waals surface area contributed by atoms with E-state index in [-0.39, 0.29) is 0 Å². The Morgan fingerprint density at radius 2 is 1.45 bits per heavy atom. The first-order chi connectivity index (χ1) is 10.9. The lowest BCUT2D eigenvalue weighted by Crippen LogP contribution is -2.33. The molecule has 0 aromatic heterocycles. The highest BCUT2D eigenvalue weighted by atomic mass is 16.5. The number of piperidine rings is 1. The summed E-state index contributed by atoms with van der Waals surface area (Å²) in [6.07, 6.45) is 12.5. The van der Waals surface area contributed by atoms with Crippen LogP contribution in [-0.4, -0.2) is 31.1 Å². The molecule has 1 aliphatic heterocycles. The van der Waals surface area contributed by atoms with Crippen LogP contribution >= 0.6 is 0 Å². The highest BCUT2D eigenvalue weighted by molar-refractivity contribution is 5.29. The fraction of sp³-hybridized carbons (Fsp3) is 0.700. The molecular formula is C20H31NO. The molecule has 1 heterocycles. The van der Waals surface area contributed by atoms with Crippen molar-refractivity contribution in [3.05, 3.63) is 29.8 Å². The standard InChI is InChI=1S/C20H31NO/c1-2-5-9-18(8-4-1)19-10-12-20(13-11-19)22-17-16-21-14-6-3-7-15-21/h10-13,18H,1-9,14-17H2. The summed E-state index contributed by atoms with van der Waals surface area (Å²) < 4.78 is 5.93. The van der Waals surface area contributed by atoms with Gasteiger partial charge in [-0.25, -0.2) is 0 Å². The highest BCUT2D eigenvalue weighted by Crippen LogP contribution is 2.32. The maximum Gasteiger partial charge on any atom is 0.119 e. The molecule has 0 bridgehead atoms. The Kier molecular flexibility index (Phi) is 6.18. The quantitative estimate of drug-likeness (QED) is 0.710. The van der Waals surface area contributed by atoms with Crippen LogP contribution in [0.1, 0.15) is 69.3 Å². The molecule has 122 valence electrons. The highest BCUT2D eigenvalue weighted by Gasteiger charge is 2.14. The third-order valence-electron chi connectivity index (χ3n) is 5.33. The van der Waals surface area contributed by atoms with Crippen molar-refractivity contribution < 1.29 is 4.74 Å². The summed E-state index contributed by atoms with van der Waals surface area (Å²) in [7, 11) is 0. The van der Waals surface area contributed by atoms with E-state index in [1.165, 1.54) is 76.4 Å². The Morgan fingerprint density at radius 1 is 0.818 bits per heavy atom. The second-order valence-corrected chi connectivity index (χ2v) is 7.01. The van der Waals surface area contributed by atoms with Crippen molar-refractivity contribution in [3.8, 4) is 5.75 Å². The first-order valence-corrected chi connectivity index (χ1v) is 9.37. The second kappa shape index (κ2) is 8.57. The normalized spacial score (nSPS) is 21.5. The maximum atomic E-state index is 5.93. The number of ether oxygens (including phenoxy) is 1. The van der Waals surface area contributed by atoms with E-state index in [2.05, 4.69) is 29.2 Å². The molecule has 0 spiro atoms. The molecule has 0 radical (unpaired) electrons. The summed E-state index contributed by atoms with van der Waals surface area (Å²) in [5.41, 5.74) is 1.52. The summed E-state index contributed by atoms with van der Waals surface area (Å²) in [5, 5.41) is 0. The molecule has 3 rings (SSSR count). The minimum absolute atomic E-state index is 0.782. The van der Waals surface area contributed by atoms with Crippen LogP contribution in [0.15, 0.2) is 24.3 Å². The van der Waals surface area contributed by atoms with Crippen LogP contribution in [0.4, 0.5) is 0 Å². The minimum atomic E-state index is 0.782. The molecule has 0 unspecified atom stereocenters. The van der Waals surface area contributed by atoms with Crippen molar-refractivity contribution >= 4 is 0 Å². The van der Waals surface area contributed by atoms with Crippen LogP contribution in [0.25, 0.3) is 0 Å². The van der Waals surface area contributed by atoms with Gasteiger partial charge in [-0.1, -0.05) is 44.2 Å². The zero-order valence-electron chi connectivity index (χ0n) is 13.9. The van der Waals surface area contributed by atoms with Gasteiger partial charge in [0.2, 0.25) is 0 Å². The van der Waals surface area contributed by atoms with Gasteiger partial charge < -0.3 is 4.74 Å². The summed E-state index contributed by atoms with van der Waals surface area (Å²) in [6, 6.07) is 8.95. The van der Waals surface area contributed by atoms with Crippen molar-refractivity contribution in [2.45, 2.75) is 63.7 Å². The van der Waals surface area contributed by atoms with Gasteiger partial charge in [-0.15, -0.1) is 0 Å². The lowest BCUT2D eigenvalue weighted by atomic mass is 9.92. The van der Waals surface area contributed by atoms with E-state index >= 15 is 0 Å². The van der Waals surface area contributed by atoms with Crippen LogP contribution in [0.2, 0.25) is 0 Å². The first-order valence-electron chi connectivity index (χ1n) is 9.37. The van der Waals surface area contributed by atoms with Gasteiger partial charge in [0.1, 0.15) is 12.4 Å². The van der Waals surface area contributed by atoms with E-state index in [0.29, 0.717) is 0 Å². The number of nitrogens with zero attached hydrogens (tertiary/aromatic N) is 1. The lowest BCUT2D eigenvalue weighted by Gasteiger charge is -2.26. The average molecular weight is 301 g/mol. The van der Waals surface area contributed by atoms with Gasteiger partial charge in [-0.05, 0) is 62.4 Å². The minimum Gasteiger partial charge on any atom is -0.492 e. The topological polar surface area (TPSA) is 12.5 Å². The zero-order valence-corrected chi connectivity index (χ0v) is 13.9. The van der Waals surface area contributed by atoms with Gasteiger partial charge in [0.25, 0.3) is 0 Å². The molecular weight excluding hydrogens is 270 g/mol. The maximum absolute atomic E-state index is 5.93. The molecule has 22 heavy (non-hydrogen) atoms. The summed E-state index contributed by atoms with van der Waals surface area (Å²) in [4.78, 5) is 2.53. The van der Waals surface area contributed by atoms with E-state index in [4.69, 9.17) is 4.74 Å². The van der Waals surface area contributed by atoms with E-state index < -0.39 is 0 Å². The van der Waals surface area contributed by atoms with Crippen LogP contribution in [0.3, 0.4) is 0 Å². The molecule has 1 saturated carbocycles. The molecule has 1 saturated heterocycles. The van der Waals surface area contributed by atoms with E-state index in [1.54, 1.807) is 0 Å². The lowest BCUT2D eigenvalue weighted by molar-refractivity contribution is 0.183. The first kappa shape index (κ1) is 15.9. The second-order valence-electron chi connectivity index (χ2n) is 7.01. The summed E-state index contributed by atoms with van der Waals surface area (Å²) in [6.45, 7) is 4.40. The van der Waals surface area contributed by atoms with Crippen LogP contribution < -0.4 is 4.74 Å². The molecule has 2 heteroatoms. The van der Waals surface area contributed by atoms with Crippen LogP contribution in [0.5, 0.6) is 5.75 Å². The Balaban J connectivity index is 1.44. The molecule has 2 aliphatic rings. The fourth-order valence-corrected chi connectivity index (χ4v) is 3.92. The molecule has 2 nitrogen and oxygen atoms in total. The summed E-state index contributed by atoms with van der Waals surface area (Å²) >= 11 is 0. The van der Waals surface area contributed by atoms with Gasteiger partial charge in [-0.2, -0.15) is 0 Å². The Bertz CT molecular complexity index is 414. The number of rotatable bonds is 5. The van der Waals surface area contributed by atoms with Crippen LogP contribution in [0, 0.1) is 0 Å². The molecule has 1 aromatic rings. The van der Waals surface area contributed by atoms with Gasteiger partial charge in [-0.3, -0.25) is 4.90 Å². The van der Waals surface area contributed by atoms with Crippen molar-refractivity contribution in [2.24, 2.45) is 0 Å². The smallest absolute Gasteiger partial charge is 0.119 e. The Morgan fingerprint density at radius 3 is 2.14 bits per heavy atom. The fourth-order valence-electron chi connectivity index (χ4n) is 3.92. The van der Waals surface area contributed by atoms with E-state index in [0.717, 1.165) is 24.8 Å². The predicted octanol–water partition coefficient (Wildman–Crippen LogP) is 4.99. The molecule has 1 aromatic carbocycles. The number of hydrogen-bond donors (Lipinski definition) is 0. The van der Waals surface area contributed by atoms with Crippen molar-refractivity contribution in [1.29, 1.82) is 0 Å². The molecule has 2 fully saturated rings. The SMILES string of the molecule is c1cc(C2CCCCCC2)ccc1OCCN1CCCCC1. The van der Waals surface area contributed by atoms with Gasteiger partial charge in [0, 0.05) is 6.54 Å². The number of hydrogen-bond acceptors (Lipinski definition) is 2. The third-order valence-corrected chi connectivity index (χ3v) is 5.33. The zero-order chi connectivity index (χ0) is 15.0. The monoisotopic (exact) mass is 301 g/mol. The number of benzene rings is 1. The predicted molar refractivity (Wildman–Crippen MR) is 92.7 cm³/mol. The molecule has 0 atom stereocenters. The average Bonchev–Trinajstić information content (AvgIpc) is 2.86. The Hall–Kier alpha value is -1.02. The molecule has 0 amide bonds. The Labute approximate surface area is 135 Å². The van der Waals surface area contributed by atoms with E-state index in [9.17, 15) is 0 Å². The van der Waals surface area contributed by atoms with Crippen LogP contribution in [-0.2, 0) is 0 Å². The van der Waals surface area contributed by atoms with Crippen molar-refractivity contribution in [2.75, 3.05) is 26.2 Å². The largest absolute Gasteiger partial charge is 0.492 e. The van der Waals surface area contributed by atoms with Crippen molar-refractivity contribution in [1.82, 2.24) is 4.90 Å². The van der Waals surface area contributed by atoms with E-state index in [1.807, 2.05) is 0 Å². The van der Waals surface area contributed by atoms with Crippen molar-refractivity contribution in [3.63, 3.8) is 0 Å². The van der Waals surface area contributed by atoms with Gasteiger partial charge in [0.05, 0.1) is 0 Å². The third kappa shape index (κ3) is 4.74. The molecule has 0 N–H and O–H groups in total. The number of likely N-dealkylation sites (tertiary alicyclic amines) is 1. The molecule has 1 aliphatic carbocycles. The summed E-state index contributed by atoms with van der Waals surface area (Å²) in [5.74, 6) is 1.82.